The molecule has 4 heterocycles. The Bertz CT molecular complexity index is 1610. The molecule has 0 bridgehead atoms. The summed E-state index contributed by atoms with van der Waals surface area (Å²) in [6, 6.07) is 6.39. The second-order valence-electron chi connectivity index (χ2n) is 12.7. The number of nitrogens with two attached hydrogens (primary N) is 1. The summed E-state index contributed by atoms with van der Waals surface area (Å²) >= 11 is 9.98. The molecule has 0 saturated carbocycles. The van der Waals surface area contributed by atoms with E-state index in [1.54, 1.807) is 28.5 Å². The number of amides is 4. The number of urea groups is 1. The molecule has 6 rings (SSSR count). The average molecular weight is 729 g/mol. The number of nitrogens with zero attached hydrogens (tertiary/aromatic N) is 6. The summed E-state index contributed by atoms with van der Waals surface area (Å²) in [4.78, 5) is 49.1. The number of benzene rings is 1. The van der Waals surface area contributed by atoms with Gasteiger partial charge in [-0.2, -0.15) is 0 Å². The number of hydrogen-bond donors (Lipinski definition) is 3. The highest BCUT2D eigenvalue weighted by Gasteiger charge is 2.43. The summed E-state index contributed by atoms with van der Waals surface area (Å²) in [6.45, 7) is 3.41. The first-order valence-electron chi connectivity index (χ1n) is 16.2. The van der Waals surface area contributed by atoms with Crippen LogP contribution in [0.4, 0.5) is 4.79 Å². The molecule has 14 heteroatoms. The molecule has 3 aromatic rings. The number of likely N-dealkylation sites (tertiary alicyclic amines) is 1. The number of aryl methyl sites for hydroxylation is 3. The number of primary amides is 1. The van der Waals surface area contributed by atoms with E-state index in [0.717, 1.165) is 33.3 Å². The van der Waals surface area contributed by atoms with E-state index in [-0.39, 0.29) is 23.8 Å². The SMILES string of the molecule is NC(=O)N1CCC(CC(=O)N2CCN(C3c4ccc(Cl)cc4CCc4cc(Br)c[n+](O)c43)CC2C(=O)NCCCn2ccnc2)CC1. The molecular formula is C33H41BrClN8O4+. The Kier molecular flexibility index (Phi) is 10.3. The van der Waals surface area contributed by atoms with Crippen molar-refractivity contribution in [2.45, 2.75) is 57.2 Å². The first-order chi connectivity index (χ1) is 22.7. The molecule has 2 saturated heterocycles. The van der Waals surface area contributed by atoms with E-state index in [1.807, 2.05) is 35.0 Å². The second kappa shape index (κ2) is 14.6. The van der Waals surface area contributed by atoms with Crippen LogP contribution in [0.5, 0.6) is 0 Å². The van der Waals surface area contributed by atoms with Gasteiger partial charge < -0.3 is 25.4 Å². The highest BCUT2D eigenvalue weighted by Crippen LogP contribution is 2.38. The minimum atomic E-state index is -0.722. The van der Waals surface area contributed by atoms with E-state index in [1.165, 1.54) is 4.73 Å². The van der Waals surface area contributed by atoms with Crippen molar-refractivity contribution in [3.05, 3.63) is 81.1 Å². The molecule has 2 fully saturated rings. The highest BCUT2D eigenvalue weighted by molar-refractivity contribution is 9.10. The van der Waals surface area contributed by atoms with E-state index in [9.17, 15) is 19.6 Å². The van der Waals surface area contributed by atoms with Crippen LogP contribution in [-0.4, -0.2) is 92.6 Å². The van der Waals surface area contributed by atoms with E-state index in [2.05, 4.69) is 31.1 Å². The van der Waals surface area contributed by atoms with Gasteiger partial charge in [-0.05, 0) is 83.3 Å². The molecule has 2 aliphatic heterocycles. The number of rotatable bonds is 8. The Hall–Kier alpha value is -3.68. The molecule has 2 unspecified atom stereocenters. The lowest BCUT2D eigenvalue weighted by Crippen LogP contribution is -2.62. The molecule has 4 N–H and O–H groups in total. The summed E-state index contributed by atoms with van der Waals surface area (Å²) in [6.07, 6.45) is 10.9. The molecule has 250 valence electrons. The van der Waals surface area contributed by atoms with Gasteiger partial charge in [-0.1, -0.05) is 17.7 Å². The summed E-state index contributed by atoms with van der Waals surface area (Å²) in [5.74, 6) is -0.141. The Morgan fingerprint density at radius 2 is 1.89 bits per heavy atom. The molecule has 0 spiro atoms. The first-order valence-corrected chi connectivity index (χ1v) is 17.4. The third-order valence-electron chi connectivity index (χ3n) is 9.70. The minimum absolute atomic E-state index is 0.0599. The van der Waals surface area contributed by atoms with Gasteiger partial charge in [0.2, 0.25) is 18.0 Å². The van der Waals surface area contributed by atoms with Crippen LogP contribution < -0.4 is 15.8 Å². The molecule has 12 nitrogen and oxygen atoms in total. The normalized spacial score (nSPS) is 20.3. The molecule has 1 aliphatic carbocycles. The van der Waals surface area contributed by atoms with E-state index >= 15 is 0 Å². The number of piperidine rings is 1. The maximum Gasteiger partial charge on any atom is 0.314 e. The lowest BCUT2D eigenvalue weighted by atomic mass is 9.92. The van der Waals surface area contributed by atoms with Crippen LogP contribution >= 0.6 is 27.5 Å². The fraction of sp³-hybridized carbons (Fsp3) is 0.485. The Morgan fingerprint density at radius 1 is 1.11 bits per heavy atom. The van der Waals surface area contributed by atoms with Gasteiger partial charge in [0.1, 0.15) is 12.1 Å². The number of aromatic nitrogens is 3. The van der Waals surface area contributed by atoms with Crippen molar-refractivity contribution in [1.29, 1.82) is 0 Å². The fourth-order valence-corrected chi connectivity index (χ4v) is 7.91. The summed E-state index contributed by atoms with van der Waals surface area (Å²) < 4.78 is 3.92. The van der Waals surface area contributed by atoms with Crippen LogP contribution in [0.25, 0.3) is 0 Å². The summed E-state index contributed by atoms with van der Waals surface area (Å²) in [5, 5.41) is 15.0. The number of carbonyl (C=O) groups is 3. The molecule has 2 atom stereocenters. The largest absolute Gasteiger partial charge is 0.354 e. The minimum Gasteiger partial charge on any atom is -0.354 e. The molecule has 2 aromatic heterocycles. The van der Waals surface area contributed by atoms with Crippen molar-refractivity contribution >= 4 is 45.4 Å². The predicted octanol–water partition coefficient (Wildman–Crippen LogP) is 2.91. The fourth-order valence-electron chi connectivity index (χ4n) is 7.25. The third kappa shape index (κ3) is 7.57. The smallest absolute Gasteiger partial charge is 0.314 e. The van der Waals surface area contributed by atoms with Crippen LogP contribution in [-0.2, 0) is 29.0 Å². The lowest BCUT2D eigenvalue weighted by Gasteiger charge is -2.43. The van der Waals surface area contributed by atoms with Crippen molar-refractivity contribution in [3.63, 3.8) is 0 Å². The number of fused-ring (bicyclic) bond motifs is 2. The van der Waals surface area contributed by atoms with Gasteiger partial charge in [0, 0.05) is 79.9 Å². The van der Waals surface area contributed by atoms with Gasteiger partial charge >= 0.3 is 6.03 Å². The number of piperazine rings is 1. The molecule has 1 aromatic carbocycles. The quantitative estimate of drug-likeness (QED) is 0.185. The van der Waals surface area contributed by atoms with Crippen LogP contribution in [0.2, 0.25) is 5.02 Å². The van der Waals surface area contributed by atoms with Gasteiger partial charge in [-0.15, -0.1) is 0 Å². The highest BCUT2D eigenvalue weighted by atomic mass is 79.9. The zero-order valence-electron chi connectivity index (χ0n) is 26.2. The van der Waals surface area contributed by atoms with Crippen LogP contribution in [0, 0.1) is 5.92 Å². The maximum atomic E-state index is 13.9. The number of halogens is 2. The van der Waals surface area contributed by atoms with Gasteiger partial charge in [0.15, 0.2) is 0 Å². The number of imidazole rings is 1. The monoisotopic (exact) mass is 727 g/mol. The Labute approximate surface area is 287 Å². The van der Waals surface area contributed by atoms with Gasteiger partial charge in [0.25, 0.3) is 5.69 Å². The Morgan fingerprint density at radius 3 is 2.64 bits per heavy atom. The summed E-state index contributed by atoms with van der Waals surface area (Å²) in [5.41, 5.74) is 9.33. The van der Waals surface area contributed by atoms with Crippen molar-refractivity contribution < 1.29 is 24.3 Å². The van der Waals surface area contributed by atoms with Crippen molar-refractivity contribution in [2.24, 2.45) is 11.7 Å². The Balaban J connectivity index is 1.25. The van der Waals surface area contributed by atoms with Crippen molar-refractivity contribution in [2.75, 3.05) is 39.3 Å². The standard InChI is InChI=1S/C33H40BrClN8O4/c34-25-17-24-3-2-23-18-26(35)4-5-27(23)31(30(24)43(47)19-25)41-14-15-42(29(44)16-22-6-11-40(12-7-22)33(36)46)28(20-41)32(45)38-8-1-10-39-13-9-37-21-39/h4-5,9,13,17-19,21-22,28,31H,1-3,6-8,10-12,14-16,20H2,(H3-,36,38,45,46,47)/p+1. The van der Waals surface area contributed by atoms with Gasteiger partial charge in [-0.3, -0.25) is 19.7 Å². The maximum absolute atomic E-state index is 13.9. The molecular weight excluding hydrogens is 688 g/mol. The topological polar surface area (TPSA) is 141 Å². The second-order valence-corrected chi connectivity index (χ2v) is 14.0. The van der Waals surface area contributed by atoms with E-state index < -0.39 is 12.1 Å². The van der Waals surface area contributed by atoms with Crippen molar-refractivity contribution in [1.82, 2.24) is 29.6 Å². The summed E-state index contributed by atoms with van der Waals surface area (Å²) in [7, 11) is 0. The molecule has 47 heavy (non-hydrogen) atoms. The van der Waals surface area contributed by atoms with Gasteiger partial charge in [0.05, 0.1) is 10.8 Å². The predicted molar refractivity (Wildman–Crippen MR) is 178 cm³/mol. The molecule has 3 aliphatic rings. The van der Waals surface area contributed by atoms with Crippen LogP contribution in [0.3, 0.4) is 0 Å². The first kappa shape index (κ1) is 33.2. The average Bonchev–Trinajstić information content (AvgIpc) is 3.52. The third-order valence-corrected chi connectivity index (χ3v) is 10.4. The number of carbonyl (C=O) groups excluding carboxylic acids is 3. The zero-order chi connectivity index (χ0) is 33.1. The van der Waals surface area contributed by atoms with Gasteiger partial charge in [-0.25, -0.2) is 9.78 Å². The van der Waals surface area contributed by atoms with Crippen LogP contribution in [0.1, 0.15) is 54.1 Å². The van der Waals surface area contributed by atoms with Crippen molar-refractivity contribution in [3.8, 4) is 0 Å². The molecule has 4 amide bonds. The molecule has 0 radical (unpaired) electrons. The number of nitrogens with one attached hydrogen (secondary N) is 1. The van der Waals surface area contributed by atoms with E-state index in [0.29, 0.717) is 82.9 Å². The lowest BCUT2D eigenvalue weighted by molar-refractivity contribution is -0.911. The van der Waals surface area contributed by atoms with Crippen LogP contribution in [0.15, 0.2) is 53.7 Å². The number of hydrogen-bond acceptors (Lipinski definition) is 6. The number of pyridine rings is 1. The van der Waals surface area contributed by atoms with E-state index in [4.69, 9.17) is 17.3 Å². The zero-order valence-corrected chi connectivity index (χ0v) is 28.6.